The number of carbonyl (C=O) groups excluding carboxylic acids is 5. The van der Waals surface area contributed by atoms with Gasteiger partial charge in [0.15, 0.2) is 5.95 Å². The fraction of sp³-hybridized carbons (Fsp3) is 0.583. The first kappa shape index (κ1) is 74.1. The topological polar surface area (TPSA) is 376 Å². The average Bonchev–Trinajstić information content (AvgIpc) is 1.29. The second-order valence-electron chi connectivity index (χ2n) is 21.8. The van der Waals surface area contributed by atoms with Crippen molar-refractivity contribution in [2.75, 3.05) is 150 Å². The first-order valence-corrected chi connectivity index (χ1v) is 32.1. The number of carboxylic acid groups (broad SMARTS) is 2. The Balaban J connectivity index is 0.885. The van der Waals surface area contributed by atoms with Crippen molar-refractivity contribution in [2.24, 2.45) is 7.05 Å². The predicted molar refractivity (Wildman–Crippen MR) is 336 cm³/mol. The van der Waals surface area contributed by atoms with Crippen molar-refractivity contribution in [3.05, 3.63) is 81.4 Å². The SMILES string of the molecule is CC[C@@H](NC(=O)CN1CCN(CC)CCN(COC=O)CCN(CC(=O)O)CC1)C(=O)NCCCOCCOCCOCCCNC(=O)CCCOc1cc(C)c(S(=O)(=O)NC(CNC(=O)c2cn(C)c3cc(CNc4ncc[nH]4)ccc3c2=O)C(=O)O)c(C)c1. The Morgan fingerprint density at radius 2 is 1.36 bits per heavy atom. The van der Waals surface area contributed by atoms with E-state index in [-0.39, 0.29) is 77.5 Å². The summed E-state index contributed by atoms with van der Waals surface area (Å²) in [4.78, 5) is 115. The van der Waals surface area contributed by atoms with Crippen LogP contribution in [0.15, 0.2) is 58.6 Å². The molecule has 0 saturated carbocycles. The number of aryl methyl sites for hydroxylation is 3. The van der Waals surface area contributed by atoms with Gasteiger partial charge in [-0.3, -0.25) is 53.1 Å². The molecule has 5 rings (SSSR count). The van der Waals surface area contributed by atoms with Crippen LogP contribution in [-0.2, 0) is 71.3 Å². The van der Waals surface area contributed by atoms with Crippen molar-refractivity contribution in [2.45, 2.75) is 83.3 Å². The van der Waals surface area contributed by atoms with Crippen LogP contribution < -0.4 is 41.5 Å². The van der Waals surface area contributed by atoms with Gasteiger partial charge in [0.05, 0.1) is 56.5 Å². The van der Waals surface area contributed by atoms with Gasteiger partial charge in [-0.05, 0) is 87.0 Å². The van der Waals surface area contributed by atoms with Crippen LogP contribution in [0.2, 0.25) is 0 Å². The third-order valence-corrected chi connectivity index (χ3v) is 16.6. The fourth-order valence-corrected chi connectivity index (χ4v) is 11.6. The summed E-state index contributed by atoms with van der Waals surface area (Å²) in [5, 5.41) is 33.9. The molecule has 0 spiro atoms. The molecule has 1 aliphatic rings. The molecule has 0 bridgehead atoms. The number of imidazole rings is 1. The van der Waals surface area contributed by atoms with E-state index in [0.717, 1.165) is 12.1 Å². The molecule has 0 aliphatic carbocycles. The number of fused-ring (bicyclic) bond motifs is 1. The normalized spacial score (nSPS) is 14.7. The highest BCUT2D eigenvalue weighted by Crippen LogP contribution is 2.26. The molecule has 3 heterocycles. The van der Waals surface area contributed by atoms with Crippen LogP contribution >= 0.6 is 0 Å². The number of aromatic amines is 1. The van der Waals surface area contributed by atoms with Gasteiger partial charge in [0.25, 0.3) is 12.4 Å². The molecule has 1 fully saturated rings. The van der Waals surface area contributed by atoms with Gasteiger partial charge in [-0.25, -0.2) is 13.4 Å². The highest BCUT2D eigenvalue weighted by atomic mass is 32.2. The van der Waals surface area contributed by atoms with Crippen LogP contribution in [0.4, 0.5) is 5.95 Å². The number of likely N-dealkylation sites (N-methyl/N-ethyl adjacent to an activating group) is 1. The summed E-state index contributed by atoms with van der Waals surface area (Å²) in [6.45, 7) is 15.3. The molecule has 91 heavy (non-hydrogen) atoms. The minimum Gasteiger partial charge on any atom is -0.494 e. The lowest BCUT2D eigenvalue weighted by molar-refractivity contribution is -0.139. The third kappa shape index (κ3) is 26.3. The van der Waals surface area contributed by atoms with E-state index in [9.17, 15) is 57.0 Å². The second-order valence-corrected chi connectivity index (χ2v) is 23.4. The second kappa shape index (κ2) is 39.6. The number of nitrogens with one attached hydrogen (secondary N) is 7. The summed E-state index contributed by atoms with van der Waals surface area (Å²) < 4.78 is 58.7. The Morgan fingerprint density at radius 3 is 1.96 bits per heavy atom. The van der Waals surface area contributed by atoms with Gasteiger partial charge in [-0.1, -0.05) is 19.9 Å². The summed E-state index contributed by atoms with van der Waals surface area (Å²) >= 11 is 0. The van der Waals surface area contributed by atoms with Crippen molar-refractivity contribution in [1.29, 1.82) is 0 Å². The molecular formula is C60H91N13O17S. The van der Waals surface area contributed by atoms with Crippen LogP contribution in [-0.4, -0.2) is 251 Å². The first-order chi connectivity index (χ1) is 43.7. The minimum atomic E-state index is -4.46. The number of benzene rings is 2. The van der Waals surface area contributed by atoms with E-state index >= 15 is 0 Å². The number of ether oxygens (including phenoxy) is 5. The number of hydrogen-bond acceptors (Lipinski definition) is 21. The van der Waals surface area contributed by atoms with Crippen LogP contribution in [0.25, 0.3) is 10.9 Å². The van der Waals surface area contributed by atoms with Crippen molar-refractivity contribution < 1.29 is 75.9 Å². The molecule has 31 heteroatoms. The monoisotopic (exact) mass is 1300 g/mol. The molecule has 2 atom stereocenters. The molecule has 504 valence electrons. The van der Waals surface area contributed by atoms with Gasteiger partial charge in [0, 0.05) is 129 Å². The number of anilines is 1. The zero-order chi connectivity index (χ0) is 66.1. The molecule has 4 aromatic rings. The van der Waals surface area contributed by atoms with E-state index < -0.39 is 51.9 Å². The molecule has 1 saturated heterocycles. The van der Waals surface area contributed by atoms with Crippen LogP contribution in [0, 0.1) is 13.8 Å². The lowest BCUT2D eigenvalue weighted by Crippen LogP contribution is -2.51. The number of aromatic nitrogens is 3. The summed E-state index contributed by atoms with van der Waals surface area (Å²) in [7, 11) is -2.80. The quantitative estimate of drug-likeness (QED) is 0.0212. The Kier molecular flexibility index (Phi) is 32.2. The Morgan fingerprint density at radius 1 is 0.747 bits per heavy atom. The molecular weight excluding hydrogens is 1210 g/mol. The molecule has 2 aromatic carbocycles. The molecule has 1 unspecified atom stereocenters. The van der Waals surface area contributed by atoms with E-state index in [0.29, 0.717) is 161 Å². The van der Waals surface area contributed by atoms with Gasteiger partial charge in [0.2, 0.25) is 33.2 Å². The number of carboxylic acids is 2. The van der Waals surface area contributed by atoms with Gasteiger partial charge in [-0.15, -0.1) is 0 Å². The number of carbonyl (C=O) groups is 7. The number of rotatable bonds is 40. The Bertz CT molecular complexity index is 3130. The van der Waals surface area contributed by atoms with E-state index in [1.165, 1.54) is 32.2 Å². The summed E-state index contributed by atoms with van der Waals surface area (Å²) in [6, 6.07) is 5.60. The van der Waals surface area contributed by atoms with Gasteiger partial charge < -0.3 is 74.9 Å². The predicted octanol–water partition coefficient (Wildman–Crippen LogP) is 0.225. The van der Waals surface area contributed by atoms with Crippen molar-refractivity contribution in [3.63, 3.8) is 0 Å². The van der Waals surface area contributed by atoms with Crippen LogP contribution in [0.5, 0.6) is 5.75 Å². The van der Waals surface area contributed by atoms with Crippen molar-refractivity contribution in [1.82, 2.24) is 60.1 Å². The van der Waals surface area contributed by atoms with Crippen LogP contribution in [0.1, 0.15) is 73.0 Å². The highest BCUT2D eigenvalue weighted by molar-refractivity contribution is 7.89. The summed E-state index contributed by atoms with van der Waals surface area (Å²) in [5.74, 6) is -3.25. The number of amides is 4. The number of pyridine rings is 1. The Hall–Kier alpha value is -7.62. The van der Waals surface area contributed by atoms with Gasteiger partial charge in [-0.2, -0.15) is 4.72 Å². The number of sulfonamides is 1. The summed E-state index contributed by atoms with van der Waals surface area (Å²) in [5.41, 5.74) is 1.10. The fourth-order valence-electron chi connectivity index (χ4n) is 9.91. The van der Waals surface area contributed by atoms with Gasteiger partial charge in [0.1, 0.15) is 30.1 Å². The molecule has 30 nitrogen and oxygen atoms in total. The molecule has 2 aromatic heterocycles. The molecule has 4 amide bonds. The lowest BCUT2D eigenvalue weighted by atomic mass is 10.1. The van der Waals surface area contributed by atoms with E-state index in [1.807, 2.05) is 23.6 Å². The summed E-state index contributed by atoms with van der Waals surface area (Å²) in [6.07, 6.45) is 6.69. The number of nitrogens with zero attached hydrogens (tertiary/aromatic N) is 6. The number of hydrogen-bond donors (Lipinski definition) is 9. The zero-order valence-corrected chi connectivity index (χ0v) is 53.6. The van der Waals surface area contributed by atoms with Crippen molar-refractivity contribution >= 4 is 68.9 Å². The average molecular weight is 1300 g/mol. The maximum absolute atomic E-state index is 13.6. The molecule has 1 aliphatic heterocycles. The standard InChI is InChI=1S/C60H91N13O17S/c1-6-49(67-53(76)39-71-20-18-70(7-2)19-24-73(41-89-42-74)25-23-72(22-21-71)40-54(77)78)58(81)62-15-10-27-87-30-32-88-31-29-86-26-9-14-61-52(75)11-8-28-90-46-33-43(3)56(44(4)34-46)91(84,85)68-50(59(82)83)37-65-57(80)48-38-69(5)51-35-45(12-13-47(51)55(48)79)36-66-60-63-16-17-64-60/h12-13,16-17,33-35,38,42,49-50,68H,6-11,14-15,18-32,36-37,39-41H2,1-5H3,(H,61,75)(H,62,81)(H,65,80)(H,67,76)(H,77,78)(H,82,83)(H2,63,64,66)/t49-,50?/m1/s1. The van der Waals surface area contributed by atoms with Crippen LogP contribution in [0.3, 0.4) is 0 Å². The first-order valence-electron chi connectivity index (χ1n) is 30.6. The largest absolute Gasteiger partial charge is 0.494 e. The number of H-pyrrole nitrogens is 1. The smallest absolute Gasteiger partial charge is 0.323 e. The molecule has 0 radical (unpaired) electrons. The highest BCUT2D eigenvalue weighted by Gasteiger charge is 2.30. The van der Waals surface area contributed by atoms with E-state index in [1.54, 1.807) is 47.1 Å². The van der Waals surface area contributed by atoms with E-state index in [4.69, 9.17) is 23.7 Å². The Labute approximate surface area is 530 Å². The van der Waals surface area contributed by atoms with E-state index in [2.05, 4.69) is 46.2 Å². The van der Waals surface area contributed by atoms with Crippen molar-refractivity contribution in [3.8, 4) is 5.75 Å². The number of aliphatic carboxylic acids is 2. The third-order valence-electron chi connectivity index (χ3n) is 14.8. The minimum absolute atomic E-state index is 0.0455. The zero-order valence-electron chi connectivity index (χ0n) is 52.8. The lowest BCUT2D eigenvalue weighted by Gasteiger charge is -2.33. The maximum Gasteiger partial charge on any atom is 0.323 e. The molecule has 9 N–H and O–H groups in total. The maximum atomic E-state index is 13.6. The van der Waals surface area contributed by atoms with Gasteiger partial charge >= 0.3 is 11.9 Å².